The molecule has 0 unspecified atom stereocenters. The largest absolute Gasteiger partial charge is 0.351 e. The summed E-state index contributed by atoms with van der Waals surface area (Å²) in [6.07, 6.45) is 4.57. The van der Waals surface area contributed by atoms with E-state index in [1.165, 1.54) is 9.44 Å². The molecule has 1 atom stereocenters. The van der Waals surface area contributed by atoms with Crippen LogP contribution in [-0.2, 0) is 24.2 Å². The Kier molecular flexibility index (Phi) is 5.47. The van der Waals surface area contributed by atoms with Crippen molar-refractivity contribution in [2.45, 2.75) is 37.9 Å². The molecule has 3 N–H and O–H groups in total. The molecule has 3 amide bonds. The number of primary amides is 1. The predicted molar refractivity (Wildman–Crippen MR) is 104 cm³/mol. The van der Waals surface area contributed by atoms with Crippen LogP contribution in [0.4, 0.5) is 4.79 Å². The number of aryl methyl sites for hydroxylation is 1. The molecule has 0 spiro atoms. The number of fused-ring (bicyclic) bond motifs is 3. The number of nitrogens with zero attached hydrogens (tertiary/aromatic N) is 2. The van der Waals surface area contributed by atoms with E-state index in [1.54, 1.807) is 17.4 Å². The molecule has 1 aliphatic rings. The maximum absolute atomic E-state index is 13.1. The van der Waals surface area contributed by atoms with Crippen LogP contribution in [0.2, 0.25) is 0 Å². The standard InChI is InChI=1S/C17H20N4O3S2/c1-3-6-21-15(23)13-10-5-4-9(2)7-11(10)26-14(13)20-17(21)25-8-12(22)19-16(18)24/h3,9H,1,4-8H2,2H3,(H3,18,19,22,24)/t9-/m0/s1. The third-order valence-corrected chi connectivity index (χ3v) is 6.41. The summed E-state index contributed by atoms with van der Waals surface area (Å²) < 4.78 is 1.53. The Morgan fingerprint density at radius 3 is 3.00 bits per heavy atom. The molecule has 7 nitrogen and oxygen atoms in total. The molecule has 0 saturated heterocycles. The smallest absolute Gasteiger partial charge is 0.318 e. The number of amides is 3. The van der Waals surface area contributed by atoms with E-state index in [1.807, 2.05) is 5.32 Å². The average Bonchev–Trinajstić information content (AvgIpc) is 2.92. The summed E-state index contributed by atoms with van der Waals surface area (Å²) in [5, 5.41) is 3.14. The van der Waals surface area contributed by atoms with Crippen molar-refractivity contribution < 1.29 is 9.59 Å². The number of allylic oxidation sites excluding steroid dienone is 1. The highest BCUT2D eigenvalue weighted by atomic mass is 32.2. The van der Waals surface area contributed by atoms with Crippen LogP contribution in [0, 0.1) is 5.92 Å². The molecule has 0 fully saturated rings. The van der Waals surface area contributed by atoms with Crippen LogP contribution >= 0.6 is 23.1 Å². The number of nitrogens with two attached hydrogens (primary N) is 1. The van der Waals surface area contributed by atoms with E-state index in [0.29, 0.717) is 27.8 Å². The minimum Gasteiger partial charge on any atom is -0.351 e. The Hall–Kier alpha value is -2.13. The molecule has 0 bridgehead atoms. The average molecular weight is 393 g/mol. The van der Waals surface area contributed by atoms with Crippen LogP contribution in [0.1, 0.15) is 23.8 Å². The molecule has 0 aromatic carbocycles. The first-order valence-electron chi connectivity index (χ1n) is 8.28. The van der Waals surface area contributed by atoms with Crippen molar-refractivity contribution in [2.75, 3.05) is 5.75 Å². The zero-order valence-corrected chi connectivity index (χ0v) is 16.0. The van der Waals surface area contributed by atoms with Gasteiger partial charge in [0.05, 0.1) is 11.1 Å². The monoisotopic (exact) mass is 392 g/mol. The highest BCUT2D eigenvalue weighted by Gasteiger charge is 2.24. The second kappa shape index (κ2) is 7.63. The van der Waals surface area contributed by atoms with Crippen LogP contribution in [-0.4, -0.2) is 27.2 Å². The van der Waals surface area contributed by atoms with Crippen molar-refractivity contribution in [3.63, 3.8) is 0 Å². The van der Waals surface area contributed by atoms with Gasteiger partial charge in [-0.1, -0.05) is 24.8 Å². The quantitative estimate of drug-likeness (QED) is 0.460. The normalized spacial score (nSPS) is 16.3. The lowest BCUT2D eigenvalue weighted by atomic mass is 9.89. The van der Waals surface area contributed by atoms with Gasteiger partial charge in [-0.05, 0) is 30.7 Å². The molecule has 26 heavy (non-hydrogen) atoms. The topological polar surface area (TPSA) is 107 Å². The first kappa shape index (κ1) is 18.7. The van der Waals surface area contributed by atoms with Crippen LogP contribution in [0.3, 0.4) is 0 Å². The van der Waals surface area contributed by atoms with Gasteiger partial charge in [0.2, 0.25) is 5.91 Å². The van der Waals surface area contributed by atoms with Crippen LogP contribution < -0.4 is 16.6 Å². The van der Waals surface area contributed by atoms with E-state index in [9.17, 15) is 14.4 Å². The molecule has 138 valence electrons. The van der Waals surface area contributed by atoms with Crippen LogP contribution in [0.15, 0.2) is 22.6 Å². The van der Waals surface area contributed by atoms with Crippen molar-refractivity contribution in [1.29, 1.82) is 0 Å². The SMILES string of the molecule is C=CCn1c(SCC(=O)NC(N)=O)nc2sc3c(c2c1=O)CC[C@H](C)C3. The molecule has 0 saturated carbocycles. The van der Waals surface area contributed by atoms with Crippen molar-refractivity contribution in [2.24, 2.45) is 11.7 Å². The van der Waals surface area contributed by atoms with Crippen molar-refractivity contribution in [3.8, 4) is 0 Å². The second-order valence-corrected chi connectivity index (χ2v) is 8.36. The van der Waals surface area contributed by atoms with Crippen molar-refractivity contribution >= 4 is 45.3 Å². The van der Waals surface area contributed by atoms with Gasteiger partial charge in [0, 0.05) is 11.4 Å². The number of rotatable bonds is 5. The maximum atomic E-state index is 13.1. The number of aromatic nitrogens is 2. The van der Waals surface area contributed by atoms with Gasteiger partial charge in [-0.15, -0.1) is 17.9 Å². The molecule has 1 aliphatic carbocycles. The fourth-order valence-electron chi connectivity index (χ4n) is 3.11. The van der Waals surface area contributed by atoms with Crippen molar-refractivity contribution in [1.82, 2.24) is 14.9 Å². The van der Waals surface area contributed by atoms with Gasteiger partial charge in [0.1, 0.15) is 4.83 Å². The predicted octanol–water partition coefficient (Wildman–Crippen LogP) is 2.06. The minimum atomic E-state index is -0.900. The van der Waals surface area contributed by atoms with E-state index in [4.69, 9.17) is 5.73 Å². The summed E-state index contributed by atoms with van der Waals surface area (Å²) >= 11 is 2.67. The van der Waals surface area contributed by atoms with Gasteiger partial charge in [0.15, 0.2) is 5.16 Å². The summed E-state index contributed by atoms with van der Waals surface area (Å²) in [6, 6.07) is -0.900. The number of nitrogens with one attached hydrogen (secondary N) is 1. The minimum absolute atomic E-state index is 0.0554. The summed E-state index contributed by atoms with van der Waals surface area (Å²) in [6.45, 7) is 6.23. The molecule has 2 aromatic heterocycles. The number of hydrogen-bond donors (Lipinski definition) is 2. The second-order valence-electron chi connectivity index (χ2n) is 6.33. The van der Waals surface area contributed by atoms with Crippen molar-refractivity contribution in [3.05, 3.63) is 33.4 Å². The summed E-state index contributed by atoms with van der Waals surface area (Å²) in [5.74, 6) is 0.0266. The van der Waals surface area contributed by atoms with E-state index >= 15 is 0 Å². The third kappa shape index (κ3) is 3.68. The van der Waals surface area contributed by atoms with E-state index < -0.39 is 11.9 Å². The number of imide groups is 1. The first-order chi connectivity index (χ1) is 12.4. The molecular formula is C17H20N4O3S2. The highest BCUT2D eigenvalue weighted by molar-refractivity contribution is 7.99. The molecule has 9 heteroatoms. The number of hydrogen-bond acceptors (Lipinski definition) is 6. The number of thioether (sulfide) groups is 1. The van der Waals surface area contributed by atoms with Crippen LogP contribution in [0.25, 0.3) is 10.2 Å². The van der Waals surface area contributed by atoms with E-state index in [-0.39, 0.29) is 11.3 Å². The number of thiophene rings is 1. The molecule has 2 aromatic rings. The Morgan fingerprint density at radius 2 is 2.31 bits per heavy atom. The van der Waals surface area contributed by atoms with Gasteiger partial charge < -0.3 is 5.73 Å². The zero-order chi connectivity index (χ0) is 18.8. The molecule has 3 rings (SSSR count). The highest BCUT2D eigenvalue weighted by Crippen LogP contribution is 2.36. The van der Waals surface area contributed by atoms with E-state index in [0.717, 1.165) is 36.6 Å². The van der Waals surface area contributed by atoms with E-state index in [2.05, 4.69) is 18.5 Å². The fourth-order valence-corrected chi connectivity index (χ4v) is 5.34. The first-order valence-corrected chi connectivity index (χ1v) is 10.1. The molecule has 0 radical (unpaired) electrons. The number of urea groups is 1. The van der Waals surface area contributed by atoms with Crippen LogP contribution in [0.5, 0.6) is 0 Å². The van der Waals surface area contributed by atoms with Gasteiger partial charge in [-0.25, -0.2) is 9.78 Å². The van der Waals surface area contributed by atoms with Gasteiger partial charge in [-0.2, -0.15) is 0 Å². The molecule has 0 aliphatic heterocycles. The Bertz CT molecular complexity index is 948. The van der Waals surface area contributed by atoms with Gasteiger partial charge >= 0.3 is 6.03 Å². The summed E-state index contributed by atoms with van der Waals surface area (Å²) in [5.41, 5.74) is 5.97. The fraction of sp³-hybridized carbons (Fsp3) is 0.412. The zero-order valence-electron chi connectivity index (χ0n) is 14.4. The Morgan fingerprint density at radius 1 is 1.54 bits per heavy atom. The maximum Gasteiger partial charge on any atom is 0.318 e. The lowest BCUT2D eigenvalue weighted by Crippen LogP contribution is -2.36. The Labute approximate surface area is 158 Å². The van der Waals surface area contributed by atoms with Gasteiger partial charge in [-0.3, -0.25) is 19.5 Å². The summed E-state index contributed by atoms with van der Waals surface area (Å²) in [7, 11) is 0. The lowest BCUT2D eigenvalue weighted by Gasteiger charge is -2.17. The lowest BCUT2D eigenvalue weighted by molar-refractivity contribution is -0.117. The van der Waals surface area contributed by atoms with Gasteiger partial charge in [0.25, 0.3) is 5.56 Å². The number of carbonyl (C=O) groups is 2. The number of carbonyl (C=O) groups excluding carboxylic acids is 2. The summed E-state index contributed by atoms with van der Waals surface area (Å²) in [4.78, 5) is 42.1. The molecular weight excluding hydrogens is 372 g/mol. The third-order valence-electron chi connectivity index (χ3n) is 4.29. The Balaban J connectivity index is 2.01. The molecule has 2 heterocycles.